The van der Waals surface area contributed by atoms with Crippen molar-refractivity contribution in [2.75, 3.05) is 20.1 Å². The molecule has 1 unspecified atom stereocenters. The molecule has 1 saturated carbocycles. The van der Waals surface area contributed by atoms with Gasteiger partial charge in [0.25, 0.3) is 0 Å². The first-order valence-corrected chi connectivity index (χ1v) is 5.80. The van der Waals surface area contributed by atoms with Crippen molar-refractivity contribution in [3.05, 3.63) is 0 Å². The summed E-state index contributed by atoms with van der Waals surface area (Å²) in [4.78, 5) is 2.50. The van der Waals surface area contributed by atoms with E-state index in [-0.39, 0.29) is 12.4 Å². The number of likely N-dealkylation sites (N-methyl/N-ethyl adjacent to an activating group) is 1. The zero-order valence-corrected chi connectivity index (χ0v) is 9.98. The Hall–Kier alpha value is 0.210. The second kappa shape index (κ2) is 5.94. The summed E-state index contributed by atoms with van der Waals surface area (Å²) in [5, 5.41) is 3.71. The molecule has 1 aliphatic carbocycles. The lowest BCUT2D eigenvalue weighted by molar-refractivity contribution is 0.291. The fourth-order valence-electron chi connectivity index (χ4n) is 2.67. The van der Waals surface area contributed by atoms with E-state index in [4.69, 9.17) is 0 Å². The zero-order valence-electron chi connectivity index (χ0n) is 9.17. The predicted molar refractivity (Wildman–Crippen MR) is 63.2 cm³/mol. The van der Waals surface area contributed by atoms with Gasteiger partial charge in [-0.3, -0.25) is 0 Å². The molecule has 0 aromatic heterocycles. The summed E-state index contributed by atoms with van der Waals surface area (Å²) >= 11 is 0. The smallest absolute Gasteiger partial charge is 0.0218 e. The Labute approximate surface area is 93.8 Å². The summed E-state index contributed by atoms with van der Waals surface area (Å²) in [5.74, 6) is 0. The van der Waals surface area contributed by atoms with E-state index < -0.39 is 0 Å². The lowest BCUT2D eigenvalue weighted by atomic mass is 10.2. The lowest BCUT2D eigenvalue weighted by Gasteiger charge is -2.22. The molecule has 1 aliphatic heterocycles. The lowest BCUT2D eigenvalue weighted by Crippen LogP contribution is -2.39. The highest BCUT2D eigenvalue weighted by Crippen LogP contribution is 2.19. The average molecular weight is 219 g/mol. The van der Waals surface area contributed by atoms with Gasteiger partial charge in [-0.25, -0.2) is 0 Å². The summed E-state index contributed by atoms with van der Waals surface area (Å²) < 4.78 is 0. The maximum absolute atomic E-state index is 3.71. The number of halogens is 1. The first-order valence-electron chi connectivity index (χ1n) is 5.80. The van der Waals surface area contributed by atoms with Gasteiger partial charge in [-0.1, -0.05) is 12.8 Å². The van der Waals surface area contributed by atoms with Crippen molar-refractivity contribution in [3.8, 4) is 0 Å². The molecule has 0 aromatic rings. The first-order chi connectivity index (χ1) is 6.36. The molecule has 0 radical (unpaired) electrons. The molecule has 3 heteroatoms. The van der Waals surface area contributed by atoms with Crippen LogP contribution in [-0.2, 0) is 0 Å². The van der Waals surface area contributed by atoms with Crippen LogP contribution < -0.4 is 5.32 Å². The summed E-state index contributed by atoms with van der Waals surface area (Å²) in [6.07, 6.45) is 8.51. The fraction of sp³-hybridized carbons (Fsp3) is 1.00. The fourth-order valence-corrected chi connectivity index (χ4v) is 2.67. The Balaban J connectivity index is 0.000000980. The summed E-state index contributed by atoms with van der Waals surface area (Å²) in [6.45, 7) is 2.53. The highest BCUT2D eigenvalue weighted by molar-refractivity contribution is 5.85. The van der Waals surface area contributed by atoms with Gasteiger partial charge in [-0.15, -0.1) is 12.4 Å². The van der Waals surface area contributed by atoms with Crippen LogP contribution in [0.5, 0.6) is 0 Å². The third kappa shape index (κ3) is 3.11. The van der Waals surface area contributed by atoms with Crippen molar-refractivity contribution >= 4 is 12.4 Å². The van der Waals surface area contributed by atoms with E-state index in [1.807, 2.05) is 0 Å². The molecule has 0 spiro atoms. The molecule has 14 heavy (non-hydrogen) atoms. The molecule has 0 amide bonds. The Morgan fingerprint density at radius 2 is 1.86 bits per heavy atom. The number of hydrogen-bond donors (Lipinski definition) is 1. The quantitative estimate of drug-likeness (QED) is 0.780. The van der Waals surface area contributed by atoms with Gasteiger partial charge in [0.15, 0.2) is 0 Å². The Bertz CT molecular complexity index is 157. The van der Waals surface area contributed by atoms with Crippen LogP contribution in [0.2, 0.25) is 0 Å². The largest absolute Gasteiger partial charge is 0.312 e. The van der Waals surface area contributed by atoms with Crippen molar-refractivity contribution in [2.24, 2.45) is 0 Å². The molecule has 2 nitrogen and oxygen atoms in total. The highest BCUT2D eigenvalue weighted by Gasteiger charge is 2.22. The van der Waals surface area contributed by atoms with Crippen molar-refractivity contribution in [1.29, 1.82) is 0 Å². The molecule has 2 aliphatic rings. The van der Waals surface area contributed by atoms with Crippen LogP contribution in [0, 0.1) is 0 Å². The standard InChI is InChI=1S/C11H22N2.ClH/c1-13-8-4-7-11(13)9-12-10-5-2-3-6-10;/h10-12H,2-9H2,1H3;1H. The molecule has 1 N–H and O–H groups in total. The van der Waals surface area contributed by atoms with Crippen LogP contribution >= 0.6 is 12.4 Å². The van der Waals surface area contributed by atoms with Gasteiger partial charge in [0, 0.05) is 18.6 Å². The number of rotatable bonds is 3. The van der Waals surface area contributed by atoms with Gasteiger partial charge < -0.3 is 10.2 Å². The zero-order chi connectivity index (χ0) is 9.10. The minimum absolute atomic E-state index is 0. The van der Waals surface area contributed by atoms with E-state index in [1.54, 1.807) is 0 Å². The Morgan fingerprint density at radius 1 is 1.14 bits per heavy atom. The van der Waals surface area contributed by atoms with Gasteiger partial charge in [-0.2, -0.15) is 0 Å². The summed E-state index contributed by atoms with van der Waals surface area (Å²) in [7, 11) is 2.26. The monoisotopic (exact) mass is 218 g/mol. The molecule has 2 rings (SSSR count). The first kappa shape index (κ1) is 12.3. The Kier molecular flexibility index (Phi) is 5.21. The number of likely N-dealkylation sites (tertiary alicyclic amines) is 1. The third-order valence-electron chi connectivity index (χ3n) is 3.67. The second-order valence-electron chi connectivity index (χ2n) is 4.67. The molecule has 2 fully saturated rings. The van der Waals surface area contributed by atoms with Crippen LogP contribution in [0.1, 0.15) is 38.5 Å². The van der Waals surface area contributed by atoms with Crippen LogP contribution in [0.4, 0.5) is 0 Å². The average Bonchev–Trinajstić information content (AvgIpc) is 2.72. The van der Waals surface area contributed by atoms with Gasteiger partial charge in [0.1, 0.15) is 0 Å². The molecule has 84 valence electrons. The highest BCUT2D eigenvalue weighted by atomic mass is 35.5. The SMILES string of the molecule is CN1CCCC1CNC1CCCC1.Cl. The predicted octanol–water partition coefficient (Wildman–Crippen LogP) is 2.03. The van der Waals surface area contributed by atoms with E-state index >= 15 is 0 Å². The van der Waals surface area contributed by atoms with Crippen molar-refractivity contribution in [3.63, 3.8) is 0 Å². The van der Waals surface area contributed by atoms with E-state index in [0.717, 1.165) is 12.1 Å². The minimum atomic E-state index is 0. The third-order valence-corrected chi connectivity index (χ3v) is 3.67. The number of hydrogen-bond acceptors (Lipinski definition) is 2. The van der Waals surface area contributed by atoms with Gasteiger partial charge in [0.05, 0.1) is 0 Å². The van der Waals surface area contributed by atoms with Crippen molar-refractivity contribution in [2.45, 2.75) is 50.6 Å². The molecular weight excluding hydrogens is 196 g/mol. The van der Waals surface area contributed by atoms with Crippen molar-refractivity contribution < 1.29 is 0 Å². The van der Waals surface area contributed by atoms with E-state index in [0.29, 0.717) is 0 Å². The number of nitrogens with one attached hydrogen (secondary N) is 1. The Morgan fingerprint density at radius 3 is 2.43 bits per heavy atom. The van der Waals surface area contributed by atoms with Crippen LogP contribution in [0.25, 0.3) is 0 Å². The minimum Gasteiger partial charge on any atom is -0.312 e. The molecule has 1 saturated heterocycles. The van der Waals surface area contributed by atoms with E-state index in [9.17, 15) is 0 Å². The van der Waals surface area contributed by atoms with Crippen molar-refractivity contribution in [1.82, 2.24) is 10.2 Å². The van der Waals surface area contributed by atoms with E-state index in [1.165, 1.54) is 51.6 Å². The summed E-state index contributed by atoms with van der Waals surface area (Å²) in [6, 6.07) is 1.66. The number of nitrogens with zero attached hydrogens (tertiary/aromatic N) is 1. The summed E-state index contributed by atoms with van der Waals surface area (Å²) in [5.41, 5.74) is 0. The molecule has 0 bridgehead atoms. The molecule has 1 heterocycles. The topological polar surface area (TPSA) is 15.3 Å². The normalized spacial score (nSPS) is 29.4. The van der Waals surface area contributed by atoms with E-state index in [2.05, 4.69) is 17.3 Å². The second-order valence-corrected chi connectivity index (χ2v) is 4.67. The maximum Gasteiger partial charge on any atom is 0.0218 e. The van der Waals surface area contributed by atoms with Crippen LogP contribution in [-0.4, -0.2) is 37.1 Å². The van der Waals surface area contributed by atoms with Crippen LogP contribution in [0.15, 0.2) is 0 Å². The van der Waals surface area contributed by atoms with Gasteiger partial charge in [-0.05, 0) is 39.3 Å². The maximum atomic E-state index is 3.71. The molecule has 0 aromatic carbocycles. The molecular formula is C11H23ClN2. The van der Waals surface area contributed by atoms with Gasteiger partial charge >= 0.3 is 0 Å². The van der Waals surface area contributed by atoms with Crippen LogP contribution in [0.3, 0.4) is 0 Å². The molecule has 1 atom stereocenters. The van der Waals surface area contributed by atoms with Gasteiger partial charge in [0.2, 0.25) is 0 Å².